The molecule has 5 heteroatoms. The van der Waals surface area contributed by atoms with E-state index in [4.69, 9.17) is 9.47 Å². The van der Waals surface area contributed by atoms with Crippen molar-refractivity contribution in [2.45, 2.75) is 12.8 Å². The number of rotatable bonds is 4. The molecular formula is C14H20N2O3. The number of aryl methyl sites for hydroxylation is 1. The lowest BCUT2D eigenvalue weighted by Crippen LogP contribution is -2.43. The van der Waals surface area contributed by atoms with Crippen LogP contribution >= 0.6 is 0 Å². The Labute approximate surface area is 113 Å². The highest BCUT2D eigenvalue weighted by atomic mass is 16.5. The first-order chi connectivity index (χ1) is 9.26. The minimum Gasteiger partial charge on any atom is -0.497 e. The number of methoxy groups -OCH3 is 2. The predicted octanol–water partition coefficient (Wildman–Crippen LogP) is 1.80. The lowest BCUT2D eigenvalue weighted by molar-refractivity contribution is 0.197. The van der Waals surface area contributed by atoms with Gasteiger partial charge in [0.15, 0.2) is 0 Å². The molecule has 1 aromatic carbocycles. The molecule has 0 bridgehead atoms. The van der Waals surface area contributed by atoms with Crippen molar-refractivity contribution >= 4 is 11.7 Å². The van der Waals surface area contributed by atoms with Gasteiger partial charge < -0.3 is 14.8 Å². The lowest BCUT2D eigenvalue weighted by atomic mass is 10.0. The summed E-state index contributed by atoms with van der Waals surface area (Å²) in [4.78, 5) is 13.9. The molecule has 2 rings (SSSR count). The molecule has 0 spiro atoms. The SMILES string of the molecule is COCCNC(=O)N1CCCc2cc(OC)ccc21. The van der Waals surface area contributed by atoms with E-state index >= 15 is 0 Å². The van der Waals surface area contributed by atoms with Crippen molar-refractivity contribution in [3.63, 3.8) is 0 Å². The van der Waals surface area contributed by atoms with Gasteiger partial charge in [-0.2, -0.15) is 0 Å². The van der Waals surface area contributed by atoms with Crippen LogP contribution in [0.15, 0.2) is 18.2 Å². The van der Waals surface area contributed by atoms with Crippen LogP contribution in [0.1, 0.15) is 12.0 Å². The molecule has 0 unspecified atom stereocenters. The second kappa shape index (κ2) is 6.43. The monoisotopic (exact) mass is 264 g/mol. The van der Waals surface area contributed by atoms with Crippen LogP contribution in [-0.4, -0.2) is 39.9 Å². The second-order valence-electron chi connectivity index (χ2n) is 4.47. The van der Waals surface area contributed by atoms with E-state index in [1.165, 1.54) is 0 Å². The van der Waals surface area contributed by atoms with Gasteiger partial charge in [-0.15, -0.1) is 0 Å². The van der Waals surface area contributed by atoms with Crippen LogP contribution in [-0.2, 0) is 11.2 Å². The Morgan fingerprint density at radius 2 is 2.26 bits per heavy atom. The first-order valence-electron chi connectivity index (χ1n) is 6.47. The van der Waals surface area contributed by atoms with Crippen LogP contribution in [0, 0.1) is 0 Å². The number of hydrogen-bond acceptors (Lipinski definition) is 3. The highest BCUT2D eigenvalue weighted by Crippen LogP contribution is 2.30. The quantitative estimate of drug-likeness (QED) is 0.844. The molecule has 0 fully saturated rings. The molecule has 1 aliphatic rings. The second-order valence-corrected chi connectivity index (χ2v) is 4.47. The van der Waals surface area contributed by atoms with E-state index < -0.39 is 0 Å². The van der Waals surface area contributed by atoms with Gasteiger partial charge in [-0.3, -0.25) is 4.90 Å². The molecule has 0 radical (unpaired) electrons. The summed E-state index contributed by atoms with van der Waals surface area (Å²) in [6, 6.07) is 5.77. The van der Waals surface area contributed by atoms with Gasteiger partial charge in [0.1, 0.15) is 5.75 Å². The van der Waals surface area contributed by atoms with Crippen molar-refractivity contribution in [1.82, 2.24) is 5.32 Å². The predicted molar refractivity (Wildman–Crippen MR) is 73.9 cm³/mol. The largest absolute Gasteiger partial charge is 0.497 e. The first-order valence-corrected chi connectivity index (χ1v) is 6.47. The molecule has 1 heterocycles. The lowest BCUT2D eigenvalue weighted by Gasteiger charge is -2.29. The van der Waals surface area contributed by atoms with Gasteiger partial charge in [-0.25, -0.2) is 4.79 Å². The smallest absolute Gasteiger partial charge is 0.321 e. The zero-order chi connectivity index (χ0) is 13.7. The Morgan fingerprint density at radius 1 is 1.42 bits per heavy atom. The summed E-state index contributed by atoms with van der Waals surface area (Å²) in [6.45, 7) is 1.80. The van der Waals surface area contributed by atoms with Crippen LogP contribution < -0.4 is 15.0 Å². The maximum absolute atomic E-state index is 12.1. The number of amides is 2. The van der Waals surface area contributed by atoms with Gasteiger partial charge in [0.25, 0.3) is 0 Å². The highest BCUT2D eigenvalue weighted by molar-refractivity contribution is 5.93. The zero-order valence-electron chi connectivity index (χ0n) is 11.4. The summed E-state index contributed by atoms with van der Waals surface area (Å²) in [5.41, 5.74) is 2.13. The van der Waals surface area contributed by atoms with Crippen molar-refractivity contribution in [1.29, 1.82) is 0 Å². The summed E-state index contributed by atoms with van der Waals surface area (Å²) in [5.74, 6) is 0.834. The van der Waals surface area contributed by atoms with E-state index in [2.05, 4.69) is 5.32 Å². The van der Waals surface area contributed by atoms with Gasteiger partial charge in [-0.05, 0) is 36.6 Å². The fraction of sp³-hybridized carbons (Fsp3) is 0.500. The third-order valence-electron chi connectivity index (χ3n) is 3.23. The van der Waals surface area contributed by atoms with E-state index in [-0.39, 0.29) is 6.03 Å². The number of nitrogens with zero attached hydrogens (tertiary/aromatic N) is 1. The minimum absolute atomic E-state index is 0.0665. The van der Waals surface area contributed by atoms with E-state index in [1.807, 2.05) is 18.2 Å². The number of fused-ring (bicyclic) bond motifs is 1. The third kappa shape index (κ3) is 3.17. The third-order valence-corrected chi connectivity index (χ3v) is 3.23. The van der Waals surface area contributed by atoms with Crippen LogP contribution in [0.25, 0.3) is 0 Å². The number of ether oxygens (including phenoxy) is 2. The zero-order valence-corrected chi connectivity index (χ0v) is 11.4. The highest BCUT2D eigenvalue weighted by Gasteiger charge is 2.22. The van der Waals surface area contributed by atoms with Crippen molar-refractivity contribution in [2.75, 3.05) is 38.8 Å². The fourth-order valence-electron chi connectivity index (χ4n) is 2.27. The first kappa shape index (κ1) is 13.7. The molecular weight excluding hydrogens is 244 g/mol. The molecule has 0 aromatic heterocycles. The number of nitrogens with one attached hydrogen (secondary N) is 1. The van der Waals surface area contributed by atoms with Crippen molar-refractivity contribution in [3.8, 4) is 5.75 Å². The molecule has 1 aromatic rings. The van der Waals surface area contributed by atoms with Crippen molar-refractivity contribution in [2.24, 2.45) is 0 Å². The Bertz CT molecular complexity index is 448. The number of anilines is 1. The molecule has 0 saturated carbocycles. The van der Waals surface area contributed by atoms with Crippen LogP contribution in [0.3, 0.4) is 0 Å². The van der Waals surface area contributed by atoms with E-state index in [0.717, 1.165) is 36.4 Å². The minimum atomic E-state index is -0.0665. The molecule has 104 valence electrons. The summed E-state index contributed by atoms with van der Waals surface area (Å²) in [6.07, 6.45) is 1.95. The normalized spacial score (nSPS) is 13.9. The van der Waals surface area contributed by atoms with Gasteiger partial charge >= 0.3 is 6.03 Å². The fourth-order valence-corrected chi connectivity index (χ4v) is 2.27. The number of hydrogen-bond donors (Lipinski definition) is 1. The summed E-state index contributed by atoms with van der Waals surface area (Å²) in [5, 5.41) is 2.85. The van der Waals surface area contributed by atoms with Gasteiger partial charge in [0.05, 0.1) is 13.7 Å². The Kier molecular flexibility index (Phi) is 4.63. The summed E-state index contributed by atoms with van der Waals surface area (Å²) in [7, 11) is 3.27. The maximum atomic E-state index is 12.1. The van der Waals surface area contributed by atoms with E-state index in [0.29, 0.717) is 13.2 Å². The number of carbonyl (C=O) groups is 1. The molecule has 2 amide bonds. The maximum Gasteiger partial charge on any atom is 0.321 e. The van der Waals surface area contributed by atoms with Crippen molar-refractivity contribution in [3.05, 3.63) is 23.8 Å². The molecule has 1 N–H and O–H groups in total. The average molecular weight is 264 g/mol. The number of benzene rings is 1. The molecule has 0 atom stereocenters. The van der Waals surface area contributed by atoms with Gasteiger partial charge in [0.2, 0.25) is 0 Å². The van der Waals surface area contributed by atoms with E-state index in [1.54, 1.807) is 19.1 Å². The summed E-state index contributed by atoms with van der Waals surface area (Å²) >= 11 is 0. The van der Waals surface area contributed by atoms with Gasteiger partial charge in [0, 0.05) is 25.9 Å². The Hall–Kier alpha value is -1.75. The number of carbonyl (C=O) groups excluding carboxylic acids is 1. The molecule has 1 aliphatic heterocycles. The van der Waals surface area contributed by atoms with Crippen LogP contribution in [0.5, 0.6) is 5.75 Å². The average Bonchev–Trinajstić information content (AvgIpc) is 2.46. The topological polar surface area (TPSA) is 50.8 Å². The Balaban J connectivity index is 2.11. The van der Waals surface area contributed by atoms with Gasteiger partial charge in [-0.1, -0.05) is 0 Å². The standard InChI is InChI=1S/C14H20N2O3/c1-18-9-7-15-14(17)16-8-3-4-11-10-12(19-2)5-6-13(11)16/h5-6,10H,3-4,7-9H2,1-2H3,(H,15,17). The van der Waals surface area contributed by atoms with Crippen LogP contribution in [0.2, 0.25) is 0 Å². The molecule has 0 saturated heterocycles. The molecule has 0 aliphatic carbocycles. The van der Waals surface area contributed by atoms with E-state index in [9.17, 15) is 4.79 Å². The Morgan fingerprint density at radius 3 is 3.00 bits per heavy atom. The summed E-state index contributed by atoms with van der Waals surface area (Å²) < 4.78 is 10.1. The molecule has 5 nitrogen and oxygen atoms in total. The van der Waals surface area contributed by atoms with Crippen molar-refractivity contribution < 1.29 is 14.3 Å². The molecule has 19 heavy (non-hydrogen) atoms. The van der Waals surface area contributed by atoms with Crippen LogP contribution in [0.4, 0.5) is 10.5 Å². The number of urea groups is 1.